The summed E-state index contributed by atoms with van der Waals surface area (Å²) in [5.74, 6) is 1.64. The number of carbonyl (C=O) groups is 1. The van der Waals surface area contributed by atoms with Gasteiger partial charge in [-0.3, -0.25) is 9.59 Å². The second kappa shape index (κ2) is 7.63. The Balaban J connectivity index is 1.69. The van der Waals surface area contributed by atoms with Crippen molar-refractivity contribution >= 4 is 27.5 Å². The van der Waals surface area contributed by atoms with E-state index >= 15 is 0 Å². The summed E-state index contributed by atoms with van der Waals surface area (Å²) in [6.45, 7) is 1.57. The lowest BCUT2D eigenvalue weighted by Gasteiger charge is -2.14. The zero-order valence-corrected chi connectivity index (χ0v) is 16.6. The molecule has 8 heteroatoms. The summed E-state index contributed by atoms with van der Waals surface area (Å²) >= 11 is 1.39. The predicted molar refractivity (Wildman–Crippen MR) is 108 cm³/mol. The summed E-state index contributed by atoms with van der Waals surface area (Å²) in [6.07, 6.45) is 2.19. The number of nitrogens with zero attached hydrogens (tertiary/aromatic N) is 2. The third kappa shape index (κ3) is 3.35. The van der Waals surface area contributed by atoms with E-state index in [4.69, 9.17) is 9.47 Å². The Morgan fingerprint density at radius 1 is 1.21 bits per heavy atom. The maximum absolute atomic E-state index is 12.8. The van der Waals surface area contributed by atoms with E-state index in [1.54, 1.807) is 14.2 Å². The van der Waals surface area contributed by atoms with E-state index in [1.165, 1.54) is 11.3 Å². The van der Waals surface area contributed by atoms with Crippen molar-refractivity contribution in [2.75, 3.05) is 27.3 Å². The van der Waals surface area contributed by atoms with Crippen molar-refractivity contribution in [1.82, 2.24) is 14.9 Å². The number of aromatic amines is 1. The molecule has 7 nitrogen and oxygen atoms in total. The lowest BCUT2D eigenvalue weighted by atomic mass is 10.1. The van der Waals surface area contributed by atoms with Crippen molar-refractivity contribution in [3.05, 3.63) is 39.8 Å². The molecular formula is C20H21N3O4S. The largest absolute Gasteiger partial charge is 0.493 e. The summed E-state index contributed by atoms with van der Waals surface area (Å²) < 4.78 is 10.6. The molecule has 0 unspecified atom stereocenters. The van der Waals surface area contributed by atoms with E-state index in [9.17, 15) is 9.59 Å². The maximum atomic E-state index is 12.8. The number of carbonyl (C=O) groups excluding carboxylic acids is 1. The average Bonchev–Trinajstić information content (AvgIpc) is 3.37. The fourth-order valence-corrected chi connectivity index (χ4v) is 4.48. The molecule has 28 heavy (non-hydrogen) atoms. The molecule has 0 radical (unpaired) electrons. The van der Waals surface area contributed by atoms with Crippen molar-refractivity contribution in [3.63, 3.8) is 0 Å². The summed E-state index contributed by atoms with van der Waals surface area (Å²) in [5.41, 5.74) is 1.39. The van der Waals surface area contributed by atoms with Crippen molar-refractivity contribution in [1.29, 1.82) is 0 Å². The van der Waals surface area contributed by atoms with Gasteiger partial charge in [-0.1, -0.05) is 6.07 Å². The molecule has 1 saturated heterocycles. The topological polar surface area (TPSA) is 84.5 Å². The van der Waals surface area contributed by atoms with Crippen LogP contribution < -0.4 is 15.0 Å². The van der Waals surface area contributed by atoms with E-state index in [0.29, 0.717) is 27.5 Å². The smallest absolute Gasteiger partial charge is 0.260 e. The summed E-state index contributed by atoms with van der Waals surface area (Å²) in [6, 6.07) is 5.53. The number of fused-ring (bicyclic) bond motifs is 1. The maximum Gasteiger partial charge on any atom is 0.260 e. The highest BCUT2D eigenvalue weighted by atomic mass is 32.1. The van der Waals surface area contributed by atoms with Crippen molar-refractivity contribution < 1.29 is 14.3 Å². The monoisotopic (exact) mass is 399 g/mol. The summed E-state index contributed by atoms with van der Waals surface area (Å²) in [5, 5.41) is 2.43. The van der Waals surface area contributed by atoms with Gasteiger partial charge in [-0.2, -0.15) is 0 Å². The Morgan fingerprint density at radius 3 is 2.68 bits per heavy atom. The lowest BCUT2D eigenvalue weighted by Crippen LogP contribution is -2.30. The molecule has 4 rings (SSSR count). The van der Waals surface area contributed by atoms with E-state index in [2.05, 4.69) is 9.97 Å². The molecule has 0 saturated carbocycles. The van der Waals surface area contributed by atoms with Crippen LogP contribution in [-0.4, -0.2) is 48.1 Å². The van der Waals surface area contributed by atoms with Gasteiger partial charge in [0, 0.05) is 24.0 Å². The van der Waals surface area contributed by atoms with E-state index in [-0.39, 0.29) is 17.9 Å². The second-order valence-electron chi connectivity index (χ2n) is 6.68. The highest BCUT2D eigenvalue weighted by molar-refractivity contribution is 7.17. The molecule has 0 spiro atoms. The number of benzene rings is 1. The van der Waals surface area contributed by atoms with Crippen LogP contribution in [0.15, 0.2) is 28.4 Å². The Bertz CT molecular complexity index is 1080. The Kier molecular flexibility index (Phi) is 5.04. The first-order chi connectivity index (χ1) is 13.6. The molecule has 1 aromatic carbocycles. The molecule has 0 atom stereocenters. The fraction of sp³-hybridized carbons (Fsp3) is 0.350. The van der Waals surface area contributed by atoms with Crippen LogP contribution in [0.4, 0.5) is 0 Å². The Morgan fingerprint density at radius 2 is 1.96 bits per heavy atom. The first-order valence-electron chi connectivity index (χ1n) is 9.11. The number of ether oxygens (including phenoxy) is 2. The van der Waals surface area contributed by atoms with Gasteiger partial charge >= 0.3 is 0 Å². The minimum absolute atomic E-state index is 0.0108. The first-order valence-corrected chi connectivity index (χ1v) is 9.99. The van der Waals surface area contributed by atoms with Crippen LogP contribution in [0.25, 0.3) is 21.3 Å². The lowest BCUT2D eigenvalue weighted by molar-refractivity contribution is -0.129. The average molecular weight is 399 g/mol. The third-order valence-corrected chi connectivity index (χ3v) is 5.84. The summed E-state index contributed by atoms with van der Waals surface area (Å²) in [4.78, 5) is 34.9. The van der Waals surface area contributed by atoms with Gasteiger partial charge < -0.3 is 19.4 Å². The highest BCUT2D eigenvalue weighted by Crippen LogP contribution is 2.36. The van der Waals surface area contributed by atoms with E-state index < -0.39 is 0 Å². The van der Waals surface area contributed by atoms with Gasteiger partial charge in [0.05, 0.1) is 26.0 Å². The fourth-order valence-electron chi connectivity index (χ4n) is 3.51. The number of thiophene rings is 1. The standard InChI is InChI=1S/C20H21N3O4S/c1-26-14-6-5-12(9-15(14)27-2)13-11-28-20-18(13)19(25)21-16(22-20)10-17(24)23-7-3-4-8-23/h5-6,9,11H,3-4,7-8,10H2,1-2H3,(H,21,22,25). The van der Waals surface area contributed by atoms with Crippen LogP contribution in [0.3, 0.4) is 0 Å². The number of hydrogen-bond donors (Lipinski definition) is 1. The number of rotatable bonds is 5. The van der Waals surface area contributed by atoms with E-state index in [0.717, 1.165) is 37.1 Å². The van der Waals surface area contributed by atoms with Crippen molar-refractivity contribution in [3.8, 4) is 22.6 Å². The molecule has 0 bridgehead atoms. The van der Waals surface area contributed by atoms with Gasteiger partial charge in [-0.05, 0) is 30.5 Å². The van der Waals surface area contributed by atoms with Gasteiger partial charge in [-0.15, -0.1) is 11.3 Å². The van der Waals surface area contributed by atoms with Crippen LogP contribution in [0.1, 0.15) is 18.7 Å². The molecule has 2 aromatic heterocycles. The normalized spacial score (nSPS) is 13.9. The Labute approximate surface area is 165 Å². The zero-order valence-electron chi connectivity index (χ0n) is 15.8. The van der Waals surface area contributed by atoms with Gasteiger partial charge in [0.1, 0.15) is 10.7 Å². The molecule has 1 aliphatic rings. The van der Waals surface area contributed by atoms with E-state index in [1.807, 2.05) is 28.5 Å². The predicted octanol–water partition coefficient (Wildman–Crippen LogP) is 2.83. The highest BCUT2D eigenvalue weighted by Gasteiger charge is 2.20. The molecule has 146 valence electrons. The molecular weight excluding hydrogens is 378 g/mol. The SMILES string of the molecule is COc1ccc(-c2csc3nc(CC(=O)N4CCCC4)[nH]c(=O)c23)cc1OC. The van der Waals surface area contributed by atoms with Gasteiger partial charge in [0.2, 0.25) is 5.91 Å². The number of H-pyrrole nitrogens is 1. The van der Waals surface area contributed by atoms with Crippen LogP contribution in [0.5, 0.6) is 11.5 Å². The van der Waals surface area contributed by atoms with Gasteiger partial charge in [0.25, 0.3) is 5.56 Å². The van der Waals surface area contributed by atoms with Crippen LogP contribution in [0, 0.1) is 0 Å². The van der Waals surface area contributed by atoms with Gasteiger partial charge in [0.15, 0.2) is 11.5 Å². The van der Waals surface area contributed by atoms with Crippen LogP contribution >= 0.6 is 11.3 Å². The number of likely N-dealkylation sites (tertiary alicyclic amines) is 1. The quantitative estimate of drug-likeness (QED) is 0.713. The summed E-state index contributed by atoms with van der Waals surface area (Å²) in [7, 11) is 3.16. The minimum Gasteiger partial charge on any atom is -0.493 e. The van der Waals surface area contributed by atoms with Crippen molar-refractivity contribution in [2.45, 2.75) is 19.3 Å². The van der Waals surface area contributed by atoms with Crippen molar-refractivity contribution in [2.24, 2.45) is 0 Å². The molecule has 0 aliphatic carbocycles. The number of methoxy groups -OCH3 is 2. The van der Waals surface area contributed by atoms with Gasteiger partial charge in [-0.25, -0.2) is 4.98 Å². The molecule has 3 heterocycles. The molecule has 1 amide bonds. The zero-order chi connectivity index (χ0) is 19.7. The molecule has 3 aromatic rings. The first kappa shape index (κ1) is 18.5. The Hall–Kier alpha value is -2.87. The number of hydrogen-bond acceptors (Lipinski definition) is 6. The number of aromatic nitrogens is 2. The van der Waals surface area contributed by atoms with Crippen LogP contribution in [0.2, 0.25) is 0 Å². The number of nitrogens with one attached hydrogen (secondary N) is 1. The van der Waals surface area contributed by atoms with Crippen LogP contribution in [-0.2, 0) is 11.2 Å². The minimum atomic E-state index is -0.236. The number of amides is 1. The molecule has 1 fully saturated rings. The molecule has 1 aliphatic heterocycles. The molecule has 1 N–H and O–H groups in total. The second-order valence-corrected chi connectivity index (χ2v) is 7.53. The third-order valence-electron chi connectivity index (χ3n) is 4.96.